The van der Waals surface area contributed by atoms with Gasteiger partial charge in [0.15, 0.2) is 0 Å². The molecule has 3 rings (SSSR count). The summed E-state index contributed by atoms with van der Waals surface area (Å²) < 4.78 is 11.2. The lowest BCUT2D eigenvalue weighted by Crippen LogP contribution is -2.76. The van der Waals surface area contributed by atoms with E-state index in [9.17, 15) is 4.79 Å². The lowest BCUT2D eigenvalue weighted by Gasteiger charge is -2.58. The first-order valence-corrected chi connectivity index (χ1v) is 8.92. The molecule has 0 spiro atoms. The number of likely N-dealkylation sites (tertiary alicyclic amines) is 1. The molecule has 6 heteroatoms. The zero-order valence-corrected chi connectivity index (χ0v) is 14.7. The third-order valence-corrected chi connectivity index (χ3v) is 6.22. The number of morpholine rings is 1. The molecule has 6 nitrogen and oxygen atoms in total. The Morgan fingerprint density at radius 3 is 2.61 bits per heavy atom. The fraction of sp³-hybridized carbons (Fsp3) is 0.941. The molecule has 132 valence electrons. The molecule has 3 fully saturated rings. The van der Waals surface area contributed by atoms with Crippen molar-refractivity contribution in [1.82, 2.24) is 9.80 Å². The van der Waals surface area contributed by atoms with Crippen LogP contribution in [0.15, 0.2) is 0 Å². The number of carbonyl (C=O) groups excluding carboxylic acids is 1. The van der Waals surface area contributed by atoms with Crippen LogP contribution in [0.1, 0.15) is 33.6 Å². The first-order chi connectivity index (χ1) is 10.9. The van der Waals surface area contributed by atoms with Crippen LogP contribution in [0.4, 0.5) is 0 Å². The standard InChI is InChI=1S/C17H31N3O3/c1-4-23-14-11-17(18,16(14,2)3)15(21)20-6-5-13(12-20)19-7-9-22-10-8-19/h13-14H,4-12,18H2,1-3H3. The van der Waals surface area contributed by atoms with Crippen LogP contribution < -0.4 is 5.73 Å². The third kappa shape index (κ3) is 2.80. The molecule has 2 aliphatic heterocycles. The molecule has 1 aliphatic carbocycles. The van der Waals surface area contributed by atoms with Gasteiger partial charge in [0.2, 0.25) is 5.91 Å². The molecule has 0 aromatic heterocycles. The van der Waals surface area contributed by atoms with Crippen LogP contribution in [0.2, 0.25) is 0 Å². The SMILES string of the molecule is CCOC1CC(N)(C(=O)N2CCC(N3CCOCC3)C2)C1(C)C. The number of hydrogen-bond acceptors (Lipinski definition) is 5. The summed E-state index contributed by atoms with van der Waals surface area (Å²) in [4.78, 5) is 17.5. The summed E-state index contributed by atoms with van der Waals surface area (Å²) in [6, 6.07) is 0.456. The average Bonchev–Trinajstić information content (AvgIpc) is 3.04. The monoisotopic (exact) mass is 325 g/mol. The van der Waals surface area contributed by atoms with Crippen molar-refractivity contribution in [3.63, 3.8) is 0 Å². The summed E-state index contributed by atoms with van der Waals surface area (Å²) >= 11 is 0. The molecule has 0 bridgehead atoms. The molecule has 3 aliphatic rings. The van der Waals surface area contributed by atoms with Gasteiger partial charge in [-0.25, -0.2) is 0 Å². The van der Waals surface area contributed by atoms with Crippen molar-refractivity contribution < 1.29 is 14.3 Å². The Morgan fingerprint density at radius 1 is 1.30 bits per heavy atom. The first kappa shape index (κ1) is 17.1. The number of carbonyl (C=O) groups is 1. The molecule has 2 N–H and O–H groups in total. The highest BCUT2D eigenvalue weighted by Crippen LogP contribution is 2.50. The average molecular weight is 325 g/mol. The van der Waals surface area contributed by atoms with Gasteiger partial charge in [-0.3, -0.25) is 9.69 Å². The minimum absolute atomic E-state index is 0.0825. The molecular formula is C17H31N3O3. The summed E-state index contributed by atoms with van der Waals surface area (Å²) in [7, 11) is 0. The zero-order valence-electron chi connectivity index (χ0n) is 14.7. The predicted molar refractivity (Wildman–Crippen MR) is 88.1 cm³/mol. The minimum atomic E-state index is -0.785. The van der Waals surface area contributed by atoms with Gasteiger partial charge in [0.05, 0.1) is 19.3 Å². The molecule has 2 heterocycles. The van der Waals surface area contributed by atoms with Gasteiger partial charge in [-0.1, -0.05) is 13.8 Å². The maximum absolute atomic E-state index is 13.0. The maximum Gasteiger partial charge on any atom is 0.243 e. The highest BCUT2D eigenvalue weighted by molar-refractivity contribution is 5.89. The summed E-state index contributed by atoms with van der Waals surface area (Å²) in [6.45, 7) is 11.9. The van der Waals surface area contributed by atoms with Gasteiger partial charge < -0.3 is 20.1 Å². The van der Waals surface area contributed by atoms with E-state index < -0.39 is 5.54 Å². The summed E-state index contributed by atoms with van der Waals surface area (Å²) in [5.74, 6) is 0.106. The largest absolute Gasteiger partial charge is 0.379 e. The Kier molecular flexibility index (Phi) is 4.71. The Morgan fingerprint density at radius 2 is 2.00 bits per heavy atom. The third-order valence-electron chi connectivity index (χ3n) is 6.22. The van der Waals surface area contributed by atoms with Crippen LogP contribution in [0.5, 0.6) is 0 Å². The fourth-order valence-corrected chi connectivity index (χ4v) is 4.25. The van der Waals surface area contributed by atoms with Crippen LogP contribution in [-0.2, 0) is 14.3 Å². The second-order valence-electron chi connectivity index (χ2n) is 7.68. The van der Waals surface area contributed by atoms with E-state index in [1.54, 1.807) is 0 Å². The van der Waals surface area contributed by atoms with Gasteiger partial charge in [0.1, 0.15) is 5.54 Å². The van der Waals surface area contributed by atoms with Gasteiger partial charge in [0.25, 0.3) is 0 Å². The van der Waals surface area contributed by atoms with E-state index in [1.165, 1.54) is 0 Å². The van der Waals surface area contributed by atoms with E-state index in [1.807, 2.05) is 11.8 Å². The Labute approximate surface area is 139 Å². The fourth-order valence-electron chi connectivity index (χ4n) is 4.25. The predicted octanol–water partition coefficient (Wildman–Crippen LogP) is 0.452. The molecular weight excluding hydrogens is 294 g/mol. The van der Waals surface area contributed by atoms with Crippen molar-refractivity contribution in [3.8, 4) is 0 Å². The second-order valence-corrected chi connectivity index (χ2v) is 7.68. The molecule has 2 saturated heterocycles. The summed E-state index contributed by atoms with van der Waals surface area (Å²) in [5, 5.41) is 0. The lowest BCUT2D eigenvalue weighted by atomic mass is 9.54. The van der Waals surface area contributed by atoms with Gasteiger partial charge in [0, 0.05) is 50.7 Å². The number of ether oxygens (including phenoxy) is 2. The number of hydrogen-bond donors (Lipinski definition) is 1. The normalized spacial score (nSPS) is 37.7. The molecule has 0 aromatic carbocycles. The summed E-state index contributed by atoms with van der Waals surface area (Å²) in [5.41, 5.74) is 5.45. The van der Waals surface area contributed by atoms with Gasteiger partial charge in [-0.2, -0.15) is 0 Å². The van der Waals surface area contributed by atoms with Crippen LogP contribution in [0.3, 0.4) is 0 Å². The van der Waals surface area contributed by atoms with Crippen molar-refractivity contribution in [1.29, 1.82) is 0 Å². The Bertz CT molecular complexity index is 450. The molecule has 1 amide bonds. The van der Waals surface area contributed by atoms with E-state index in [0.29, 0.717) is 19.1 Å². The molecule has 23 heavy (non-hydrogen) atoms. The second kappa shape index (κ2) is 6.31. The van der Waals surface area contributed by atoms with Crippen molar-refractivity contribution in [2.24, 2.45) is 11.1 Å². The highest BCUT2D eigenvalue weighted by atomic mass is 16.5. The van der Waals surface area contributed by atoms with Crippen molar-refractivity contribution >= 4 is 5.91 Å². The molecule has 3 unspecified atom stereocenters. The number of rotatable bonds is 4. The lowest BCUT2D eigenvalue weighted by molar-refractivity contribution is -0.178. The Hall–Kier alpha value is -0.690. The topological polar surface area (TPSA) is 68.0 Å². The van der Waals surface area contributed by atoms with Crippen molar-refractivity contribution in [2.45, 2.75) is 51.3 Å². The molecule has 3 atom stereocenters. The van der Waals surface area contributed by atoms with Gasteiger partial charge in [-0.15, -0.1) is 0 Å². The van der Waals surface area contributed by atoms with Crippen molar-refractivity contribution in [3.05, 3.63) is 0 Å². The zero-order chi connectivity index (χ0) is 16.7. The molecule has 0 aromatic rings. The maximum atomic E-state index is 13.0. The van der Waals surface area contributed by atoms with Crippen molar-refractivity contribution in [2.75, 3.05) is 46.0 Å². The number of nitrogens with two attached hydrogens (primary N) is 1. The van der Waals surface area contributed by atoms with Crippen LogP contribution in [-0.4, -0.2) is 79.4 Å². The van der Waals surface area contributed by atoms with E-state index in [-0.39, 0.29) is 17.4 Å². The van der Waals surface area contributed by atoms with E-state index >= 15 is 0 Å². The van der Waals surface area contributed by atoms with Gasteiger partial charge in [-0.05, 0) is 13.3 Å². The molecule has 1 saturated carbocycles. The number of nitrogens with zero attached hydrogens (tertiary/aromatic N) is 2. The van der Waals surface area contributed by atoms with Gasteiger partial charge >= 0.3 is 0 Å². The quantitative estimate of drug-likeness (QED) is 0.813. The Balaban J connectivity index is 1.61. The highest BCUT2D eigenvalue weighted by Gasteiger charge is 2.64. The minimum Gasteiger partial charge on any atom is -0.379 e. The summed E-state index contributed by atoms with van der Waals surface area (Å²) in [6.07, 6.45) is 1.75. The molecule has 0 radical (unpaired) electrons. The van der Waals surface area contributed by atoms with Crippen LogP contribution in [0, 0.1) is 5.41 Å². The van der Waals surface area contributed by atoms with E-state index in [4.69, 9.17) is 15.2 Å². The van der Waals surface area contributed by atoms with Crippen LogP contribution >= 0.6 is 0 Å². The first-order valence-electron chi connectivity index (χ1n) is 8.92. The van der Waals surface area contributed by atoms with Crippen LogP contribution in [0.25, 0.3) is 0 Å². The number of amides is 1. The smallest absolute Gasteiger partial charge is 0.243 e. The van der Waals surface area contributed by atoms with E-state index in [0.717, 1.165) is 45.8 Å². The van der Waals surface area contributed by atoms with E-state index in [2.05, 4.69) is 18.7 Å².